The molecule has 0 bridgehead atoms. The van der Waals surface area contributed by atoms with Crippen molar-refractivity contribution in [3.8, 4) is 0 Å². The molecule has 1 fully saturated rings. The standard InChI is InChI=1S/C19H23F3N4S/c1-12-4-7-15(10-13(12)2)24-18(27)23-8-3-9-26-16(14-5-6-14)11-17(25-26)19(20,21)22/h4,7,10-11,14H,3,5-6,8-9H2,1-2H3,(H2,23,24,27). The Morgan fingerprint density at radius 1 is 1.22 bits per heavy atom. The van der Waals surface area contributed by atoms with E-state index in [2.05, 4.69) is 15.7 Å². The molecule has 2 N–H and O–H groups in total. The molecule has 4 nitrogen and oxygen atoms in total. The van der Waals surface area contributed by atoms with Gasteiger partial charge in [-0.1, -0.05) is 6.07 Å². The molecule has 8 heteroatoms. The van der Waals surface area contributed by atoms with Crippen molar-refractivity contribution in [3.05, 3.63) is 46.8 Å². The van der Waals surface area contributed by atoms with Crippen LogP contribution >= 0.6 is 12.2 Å². The summed E-state index contributed by atoms with van der Waals surface area (Å²) in [5, 5.41) is 10.5. The molecule has 3 rings (SSSR count). The Hall–Kier alpha value is -2.09. The van der Waals surface area contributed by atoms with E-state index in [1.54, 1.807) is 0 Å². The maximum Gasteiger partial charge on any atom is 0.435 e. The van der Waals surface area contributed by atoms with Crippen LogP contribution in [0.5, 0.6) is 0 Å². The van der Waals surface area contributed by atoms with E-state index in [1.807, 2.05) is 32.0 Å². The molecule has 1 aromatic carbocycles. The Morgan fingerprint density at radius 2 is 1.96 bits per heavy atom. The van der Waals surface area contributed by atoms with Crippen LogP contribution in [0.3, 0.4) is 0 Å². The van der Waals surface area contributed by atoms with Gasteiger partial charge in [-0.2, -0.15) is 18.3 Å². The lowest BCUT2D eigenvalue weighted by Gasteiger charge is -2.12. The number of hydrogen-bond donors (Lipinski definition) is 2. The highest BCUT2D eigenvalue weighted by Gasteiger charge is 2.37. The van der Waals surface area contributed by atoms with Gasteiger partial charge in [0.25, 0.3) is 0 Å². The van der Waals surface area contributed by atoms with Gasteiger partial charge in [0.05, 0.1) is 0 Å². The zero-order valence-corrected chi connectivity index (χ0v) is 16.2. The van der Waals surface area contributed by atoms with E-state index in [4.69, 9.17) is 12.2 Å². The highest BCUT2D eigenvalue weighted by atomic mass is 32.1. The van der Waals surface area contributed by atoms with Crippen molar-refractivity contribution >= 4 is 23.0 Å². The topological polar surface area (TPSA) is 41.9 Å². The molecule has 1 aliphatic carbocycles. The molecule has 1 aromatic heterocycles. The summed E-state index contributed by atoms with van der Waals surface area (Å²) in [5.41, 5.74) is 3.19. The quantitative estimate of drug-likeness (QED) is 0.545. The van der Waals surface area contributed by atoms with E-state index in [1.165, 1.54) is 21.9 Å². The lowest BCUT2D eigenvalue weighted by molar-refractivity contribution is -0.141. The third-order valence-electron chi connectivity index (χ3n) is 4.69. The van der Waals surface area contributed by atoms with Gasteiger partial charge in [0.1, 0.15) is 0 Å². The number of benzene rings is 1. The van der Waals surface area contributed by atoms with Crippen LogP contribution in [0.4, 0.5) is 18.9 Å². The number of nitrogens with one attached hydrogen (secondary N) is 2. The number of hydrogen-bond acceptors (Lipinski definition) is 2. The summed E-state index contributed by atoms with van der Waals surface area (Å²) < 4.78 is 40.2. The number of nitrogens with zero attached hydrogens (tertiary/aromatic N) is 2. The minimum absolute atomic E-state index is 0.217. The summed E-state index contributed by atoms with van der Waals surface area (Å²) in [6, 6.07) is 7.20. The summed E-state index contributed by atoms with van der Waals surface area (Å²) in [6.07, 6.45) is -1.89. The molecular weight excluding hydrogens is 373 g/mol. The van der Waals surface area contributed by atoms with Crippen LogP contribution < -0.4 is 10.6 Å². The Balaban J connectivity index is 1.49. The Labute approximate surface area is 162 Å². The molecule has 0 saturated heterocycles. The highest BCUT2D eigenvalue weighted by molar-refractivity contribution is 7.80. The normalized spacial score (nSPS) is 14.3. The Bertz CT molecular complexity index is 825. The van der Waals surface area contributed by atoms with Gasteiger partial charge >= 0.3 is 6.18 Å². The average molecular weight is 396 g/mol. The molecule has 1 aliphatic rings. The number of thiocarbonyl (C=S) groups is 1. The third-order valence-corrected chi connectivity index (χ3v) is 4.94. The molecule has 0 spiro atoms. The van der Waals surface area contributed by atoms with Gasteiger partial charge in [-0.3, -0.25) is 4.68 Å². The second kappa shape index (κ2) is 7.88. The van der Waals surface area contributed by atoms with Crippen LogP contribution in [0.15, 0.2) is 24.3 Å². The van der Waals surface area contributed by atoms with Gasteiger partial charge < -0.3 is 10.6 Å². The minimum atomic E-state index is -4.40. The molecule has 1 heterocycles. The van der Waals surface area contributed by atoms with Gasteiger partial charge in [-0.25, -0.2) is 0 Å². The van der Waals surface area contributed by atoms with Gasteiger partial charge in [-0.15, -0.1) is 0 Å². The largest absolute Gasteiger partial charge is 0.435 e. The lowest BCUT2D eigenvalue weighted by atomic mass is 10.1. The number of anilines is 1. The van der Waals surface area contributed by atoms with Crippen molar-refractivity contribution in [2.45, 2.75) is 51.7 Å². The second-order valence-electron chi connectivity index (χ2n) is 6.98. The van der Waals surface area contributed by atoms with E-state index in [-0.39, 0.29) is 5.92 Å². The third kappa shape index (κ3) is 5.22. The fraction of sp³-hybridized carbons (Fsp3) is 0.474. The molecule has 146 valence electrons. The summed E-state index contributed by atoms with van der Waals surface area (Å²) >= 11 is 5.28. The first-order chi connectivity index (χ1) is 12.7. The van der Waals surface area contributed by atoms with Crippen molar-refractivity contribution in [2.75, 3.05) is 11.9 Å². The van der Waals surface area contributed by atoms with Crippen molar-refractivity contribution in [1.82, 2.24) is 15.1 Å². The molecule has 1 saturated carbocycles. The zero-order chi connectivity index (χ0) is 19.6. The smallest absolute Gasteiger partial charge is 0.362 e. The van der Waals surface area contributed by atoms with E-state index < -0.39 is 11.9 Å². The number of aryl methyl sites for hydroxylation is 3. The first-order valence-corrected chi connectivity index (χ1v) is 9.42. The number of rotatable bonds is 6. The summed E-state index contributed by atoms with van der Waals surface area (Å²) in [6.45, 7) is 5.07. The number of aromatic nitrogens is 2. The summed E-state index contributed by atoms with van der Waals surface area (Å²) in [7, 11) is 0. The monoisotopic (exact) mass is 396 g/mol. The summed E-state index contributed by atoms with van der Waals surface area (Å²) in [4.78, 5) is 0. The van der Waals surface area contributed by atoms with Crippen molar-refractivity contribution in [3.63, 3.8) is 0 Å². The van der Waals surface area contributed by atoms with Crippen LogP contribution in [0.2, 0.25) is 0 Å². The minimum Gasteiger partial charge on any atom is -0.362 e. The van der Waals surface area contributed by atoms with Gasteiger partial charge in [-0.05, 0) is 74.7 Å². The van der Waals surface area contributed by atoms with Gasteiger partial charge in [0, 0.05) is 30.4 Å². The fourth-order valence-corrected chi connectivity index (χ4v) is 3.10. The van der Waals surface area contributed by atoms with Gasteiger partial charge in [0.15, 0.2) is 10.8 Å². The van der Waals surface area contributed by atoms with Crippen molar-refractivity contribution in [1.29, 1.82) is 0 Å². The number of halogens is 3. The van der Waals surface area contributed by atoms with Crippen molar-refractivity contribution < 1.29 is 13.2 Å². The zero-order valence-electron chi connectivity index (χ0n) is 15.4. The molecule has 27 heavy (non-hydrogen) atoms. The molecule has 0 radical (unpaired) electrons. The van der Waals surface area contributed by atoms with Crippen LogP contribution in [0, 0.1) is 13.8 Å². The van der Waals surface area contributed by atoms with E-state index in [0.717, 1.165) is 18.5 Å². The molecule has 0 atom stereocenters. The average Bonchev–Trinajstić information content (AvgIpc) is 3.33. The first kappa shape index (κ1) is 19.7. The number of alkyl halides is 3. The Morgan fingerprint density at radius 3 is 2.59 bits per heavy atom. The van der Waals surface area contributed by atoms with Crippen LogP contribution in [-0.2, 0) is 12.7 Å². The molecule has 0 unspecified atom stereocenters. The lowest BCUT2D eigenvalue weighted by Crippen LogP contribution is -2.30. The van der Waals surface area contributed by atoms with Crippen LogP contribution in [-0.4, -0.2) is 21.4 Å². The predicted molar refractivity (Wildman–Crippen MR) is 104 cm³/mol. The Kier molecular flexibility index (Phi) is 5.74. The second-order valence-corrected chi connectivity index (χ2v) is 7.39. The maximum absolute atomic E-state index is 12.9. The fourth-order valence-electron chi connectivity index (χ4n) is 2.88. The van der Waals surface area contributed by atoms with Crippen LogP contribution in [0.1, 0.15) is 47.7 Å². The van der Waals surface area contributed by atoms with E-state index in [0.29, 0.717) is 30.3 Å². The van der Waals surface area contributed by atoms with Crippen molar-refractivity contribution in [2.24, 2.45) is 0 Å². The highest BCUT2D eigenvalue weighted by Crippen LogP contribution is 2.42. The molecule has 0 aliphatic heterocycles. The first-order valence-electron chi connectivity index (χ1n) is 9.01. The molecule has 0 amide bonds. The SMILES string of the molecule is Cc1ccc(NC(=S)NCCCn2nc(C(F)(F)F)cc2C2CC2)cc1C. The van der Waals surface area contributed by atoms with Crippen LogP contribution in [0.25, 0.3) is 0 Å². The maximum atomic E-state index is 12.9. The van der Waals surface area contributed by atoms with E-state index in [9.17, 15) is 13.2 Å². The predicted octanol–water partition coefficient (Wildman–Crippen LogP) is 4.77. The van der Waals surface area contributed by atoms with E-state index >= 15 is 0 Å². The molecule has 2 aromatic rings. The summed E-state index contributed by atoms with van der Waals surface area (Å²) in [5.74, 6) is 0.217. The van der Waals surface area contributed by atoms with Gasteiger partial charge in [0.2, 0.25) is 0 Å². The molecular formula is C19H23F3N4S.